The molecular weight excluding hydrogens is 258 g/mol. The Kier molecular flexibility index (Phi) is 6.07. The highest BCUT2D eigenvalue weighted by Gasteiger charge is 2.08. The van der Waals surface area contributed by atoms with Crippen molar-refractivity contribution in [3.63, 3.8) is 0 Å². The van der Waals surface area contributed by atoms with Gasteiger partial charge in [-0.15, -0.1) is 0 Å². The molecule has 1 rings (SSSR count). The quantitative estimate of drug-likeness (QED) is 0.837. The van der Waals surface area contributed by atoms with Crippen molar-refractivity contribution >= 4 is 23.4 Å². The molecule has 3 N–H and O–H groups in total. The van der Waals surface area contributed by atoms with Gasteiger partial charge in [0.2, 0.25) is 5.91 Å². The summed E-state index contributed by atoms with van der Waals surface area (Å²) < 4.78 is 25.9. The molecule has 0 heterocycles. The van der Waals surface area contributed by atoms with Crippen molar-refractivity contribution in [3.05, 3.63) is 29.8 Å². The van der Waals surface area contributed by atoms with E-state index in [0.717, 1.165) is 18.6 Å². The summed E-state index contributed by atoms with van der Waals surface area (Å²) in [5.74, 6) is -0.901. The fourth-order valence-electron chi connectivity index (χ4n) is 1.20. The highest BCUT2D eigenvalue weighted by atomic mass is 32.2. The third-order valence-corrected chi connectivity index (χ3v) is 3.42. The Bertz CT molecular complexity index is 415. The van der Waals surface area contributed by atoms with Crippen LogP contribution in [0.5, 0.6) is 0 Å². The number of anilines is 1. The molecule has 6 heteroatoms. The van der Waals surface area contributed by atoms with Gasteiger partial charge in [-0.3, -0.25) is 4.79 Å². The molecule has 1 aromatic rings. The number of rotatable bonds is 6. The smallest absolute Gasteiger partial charge is 0.234 e. The molecule has 0 bridgehead atoms. The Hall–Kier alpha value is -1.14. The van der Waals surface area contributed by atoms with Crippen LogP contribution in [0.25, 0.3) is 0 Å². The standard InChI is InChI=1S/C12H16F2N2OS/c1-2-9(15)6-18-7-12(17)16-11-4-3-8(13)5-10(11)14/h3-5,9H,2,6-7,15H2,1H3,(H,16,17). The van der Waals surface area contributed by atoms with Gasteiger partial charge < -0.3 is 11.1 Å². The number of carbonyl (C=O) groups excluding carboxylic acids is 1. The lowest BCUT2D eigenvalue weighted by Gasteiger charge is -2.09. The first kappa shape index (κ1) is 14.9. The summed E-state index contributed by atoms with van der Waals surface area (Å²) in [4.78, 5) is 11.5. The van der Waals surface area contributed by atoms with E-state index in [1.54, 1.807) is 0 Å². The fraction of sp³-hybridized carbons (Fsp3) is 0.417. The predicted octanol–water partition coefficient (Wildman–Crippen LogP) is 2.37. The lowest BCUT2D eigenvalue weighted by atomic mass is 10.3. The molecule has 0 radical (unpaired) electrons. The fourth-order valence-corrected chi connectivity index (χ4v) is 2.11. The summed E-state index contributed by atoms with van der Waals surface area (Å²) in [5.41, 5.74) is 5.69. The molecule has 0 saturated carbocycles. The lowest BCUT2D eigenvalue weighted by molar-refractivity contribution is -0.113. The van der Waals surface area contributed by atoms with E-state index in [1.165, 1.54) is 17.8 Å². The number of hydrogen-bond acceptors (Lipinski definition) is 3. The minimum Gasteiger partial charge on any atom is -0.327 e. The van der Waals surface area contributed by atoms with Crippen LogP contribution in [0.2, 0.25) is 0 Å². The first-order valence-corrected chi connectivity index (χ1v) is 6.76. The third-order valence-electron chi connectivity index (χ3n) is 2.29. The number of amides is 1. The first-order chi connectivity index (χ1) is 8.52. The van der Waals surface area contributed by atoms with E-state index in [-0.39, 0.29) is 23.4 Å². The van der Waals surface area contributed by atoms with Crippen LogP contribution in [-0.2, 0) is 4.79 Å². The molecule has 0 saturated heterocycles. The molecule has 1 aromatic carbocycles. The molecule has 0 aromatic heterocycles. The van der Waals surface area contributed by atoms with E-state index in [2.05, 4.69) is 5.32 Å². The summed E-state index contributed by atoms with van der Waals surface area (Å²) in [6.45, 7) is 1.97. The zero-order valence-corrected chi connectivity index (χ0v) is 10.9. The molecule has 100 valence electrons. The predicted molar refractivity (Wildman–Crippen MR) is 70.6 cm³/mol. The number of hydrogen-bond donors (Lipinski definition) is 2. The van der Waals surface area contributed by atoms with Crippen LogP contribution in [0.1, 0.15) is 13.3 Å². The van der Waals surface area contributed by atoms with Crippen molar-refractivity contribution < 1.29 is 13.6 Å². The van der Waals surface area contributed by atoms with Gasteiger partial charge in [-0.1, -0.05) is 6.92 Å². The Morgan fingerprint density at radius 1 is 1.50 bits per heavy atom. The Labute approximate surface area is 109 Å². The summed E-state index contributed by atoms with van der Waals surface area (Å²) in [7, 11) is 0. The average Bonchev–Trinajstić information content (AvgIpc) is 2.32. The molecule has 1 amide bonds. The van der Waals surface area contributed by atoms with Gasteiger partial charge in [0.15, 0.2) is 0 Å². The second-order valence-corrected chi connectivity index (χ2v) is 4.89. The Morgan fingerprint density at radius 3 is 2.83 bits per heavy atom. The second kappa shape index (κ2) is 7.33. The number of benzene rings is 1. The lowest BCUT2D eigenvalue weighted by Crippen LogP contribution is -2.23. The number of thioether (sulfide) groups is 1. The van der Waals surface area contributed by atoms with Crippen molar-refractivity contribution in [1.29, 1.82) is 0 Å². The van der Waals surface area contributed by atoms with E-state index >= 15 is 0 Å². The zero-order chi connectivity index (χ0) is 13.5. The second-order valence-electron chi connectivity index (χ2n) is 3.86. The number of nitrogens with two attached hydrogens (primary N) is 1. The molecule has 0 aliphatic carbocycles. The molecule has 0 spiro atoms. The van der Waals surface area contributed by atoms with Crippen molar-refractivity contribution in [2.24, 2.45) is 5.73 Å². The monoisotopic (exact) mass is 274 g/mol. The highest BCUT2D eigenvalue weighted by Crippen LogP contribution is 2.15. The van der Waals surface area contributed by atoms with E-state index < -0.39 is 11.6 Å². The number of nitrogens with one attached hydrogen (secondary N) is 1. The maximum Gasteiger partial charge on any atom is 0.234 e. The van der Waals surface area contributed by atoms with Crippen molar-refractivity contribution in [2.75, 3.05) is 16.8 Å². The molecule has 0 fully saturated rings. The van der Waals surface area contributed by atoms with Crippen LogP contribution < -0.4 is 11.1 Å². The van der Waals surface area contributed by atoms with Gasteiger partial charge in [-0.05, 0) is 18.6 Å². The van der Waals surface area contributed by atoms with Crippen LogP contribution in [0.4, 0.5) is 14.5 Å². The molecule has 3 nitrogen and oxygen atoms in total. The number of halogens is 2. The van der Waals surface area contributed by atoms with Crippen LogP contribution in [0, 0.1) is 11.6 Å². The Balaban J connectivity index is 2.40. The minimum absolute atomic E-state index is 0.0122. The first-order valence-electron chi connectivity index (χ1n) is 5.61. The van der Waals surface area contributed by atoms with Gasteiger partial charge in [-0.25, -0.2) is 8.78 Å². The van der Waals surface area contributed by atoms with E-state index in [4.69, 9.17) is 5.73 Å². The molecule has 1 atom stereocenters. The van der Waals surface area contributed by atoms with E-state index in [1.807, 2.05) is 6.92 Å². The largest absolute Gasteiger partial charge is 0.327 e. The number of carbonyl (C=O) groups is 1. The van der Waals surface area contributed by atoms with Gasteiger partial charge in [0.25, 0.3) is 0 Å². The molecule has 0 aliphatic rings. The van der Waals surface area contributed by atoms with Gasteiger partial charge in [-0.2, -0.15) is 11.8 Å². The maximum atomic E-state index is 13.2. The molecule has 18 heavy (non-hydrogen) atoms. The average molecular weight is 274 g/mol. The van der Waals surface area contributed by atoms with Crippen LogP contribution in [-0.4, -0.2) is 23.5 Å². The van der Waals surface area contributed by atoms with Crippen molar-refractivity contribution in [2.45, 2.75) is 19.4 Å². The van der Waals surface area contributed by atoms with Crippen molar-refractivity contribution in [3.8, 4) is 0 Å². The summed E-state index contributed by atoms with van der Waals surface area (Å²) in [5, 5.41) is 2.39. The molecule has 0 aliphatic heterocycles. The normalized spacial score (nSPS) is 12.2. The zero-order valence-electron chi connectivity index (χ0n) is 10.1. The molecular formula is C12H16F2N2OS. The summed E-state index contributed by atoms with van der Waals surface area (Å²) in [6.07, 6.45) is 0.848. The Morgan fingerprint density at radius 2 is 2.22 bits per heavy atom. The highest BCUT2D eigenvalue weighted by molar-refractivity contribution is 8.00. The van der Waals surface area contributed by atoms with Crippen LogP contribution in [0.3, 0.4) is 0 Å². The van der Waals surface area contributed by atoms with Gasteiger partial charge in [0.1, 0.15) is 11.6 Å². The topological polar surface area (TPSA) is 55.1 Å². The molecule has 1 unspecified atom stereocenters. The van der Waals surface area contributed by atoms with Crippen molar-refractivity contribution in [1.82, 2.24) is 0 Å². The van der Waals surface area contributed by atoms with Gasteiger partial charge in [0.05, 0.1) is 11.4 Å². The van der Waals surface area contributed by atoms with Crippen LogP contribution >= 0.6 is 11.8 Å². The maximum absolute atomic E-state index is 13.2. The van der Waals surface area contributed by atoms with Crippen LogP contribution in [0.15, 0.2) is 18.2 Å². The van der Waals surface area contributed by atoms with Gasteiger partial charge in [0, 0.05) is 17.9 Å². The van der Waals surface area contributed by atoms with Gasteiger partial charge >= 0.3 is 0 Å². The van der Waals surface area contributed by atoms with E-state index in [0.29, 0.717) is 5.75 Å². The third kappa shape index (κ3) is 5.01. The minimum atomic E-state index is -0.779. The van der Waals surface area contributed by atoms with E-state index in [9.17, 15) is 13.6 Å². The summed E-state index contributed by atoms with van der Waals surface area (Å²) >= 11 is 1.39. The SMILES string of the molecule is CCC(N)CSCC(=O)Nc1ccc(F)cc1F. The summed E-state index contributed by atoms with van der Waals surface area (Å²) in [6, 6.07) is 3.09.